The Bertz CT molecular complexity index is 978. The molecule has 0 radical (unpaired) electrons. The van der Waals surface area contributed by atoms with Gasteiger partial charge in [-0.25, -0.2) is 0 Å². The predicted octanol–water partition coefficient (Wildman–Crippen LogP) is 8.00. The van der Waals surface area contributed by atoms with Gasteiger partial charge >= 0.3 is 0 Å². The van der Waals surface area contributed by atoms with Crippen molar-refractivity contribution in [3.8, 4) is 11.1 Å². The molecule has 32 heavy (non-hydrogen) atoms. The molecular weight excluding hydrogens is 406 g/mol. The molecule has 0 bridgehead atoms. The molecule has 3 heteroatoms. The third-order valence-corrected chi connectivity index (χ3v) is 14.4. The van der Waals surface area contributed by atoms with E-state index in [1.54, 1.807) is 11.1 Å². The molecule has 2 fully saturated rings. The van der Waals surface area contributed by atoms with Crippen molar-refractivity contribution in [2.45, 2.75) is 96.4 Å². The highest BCUT2D eigenvalue weighted by molar-refractivity contribution is 6.74. The third-order valence-electron chi connectivity index (χ3n) is 9.88. The lowest BCUT2D eigenvalue weighted by molar-refractivity contribution is -0.0164. The Balaban J connectivity index is 1.38. The van der Waals surface area contributed by atoms with Gasteiger partial charge in [-0.3, -0.25) is 4.98 Å². The van der Waals surface area contributed by atoms with Crippen LogP contribution in [0.5, 0.6) is 0 Å². The standard InChI is InChI=1S/C29H41NOSi/c1-28(2,3)32(5,6)31-27-14-13-26-25-12-10-21-18-20(22-8-7-17-30-19-22)9-11-23(21)24(25)15-16-29(26,27)4/h7-9,11,17-19,24-27H,10,12-16H2,1-6H3/t24-,25-,26+,27+,29+/m1/s1. The van der Waals surface area contributed by atoms with E-state index in [1.807, 2.05) is 18.5 Å². The van der Waals surface area contributed by atoms with E-state index in [9.17, 15) is 0 Å². The number of hydrogen-bond acceptors (Lipinski definition) is 2. The molecule has 5 rings (SSSR count). The van der Waals surface area contributed by atoms with Gasteiger partial charge in [-0.2, -0.15) is 0 Å². The highest BCUT2D eigenvalue weighted by Gasteiger charge is 2.56. The van der Waals surface area contributed by atoms with Gasteiger partial charge in [-0.05, 0) is 108 Å². The van der Waals surface area contributed by atoms with Crippen molar-refractivity contribution in [1.82, 2.24) is 4.98 Å². The summed E-state index contributed by atoms with van der Waals surface area (Å²) in [5.74, 6) is 2.40. The van der Waals surface area contributed by atoms with Gasteiger partial charge in [0.05, 0.1) is 6.10 Å². The first kappa shape index (κ1) is 22.3. The van der Waals surface area contributed by atoms with Crippen LogP contribution in [-0.4, -0.2) is 19.4 Å². The second-order valence-corrected chi connectivity index (χ2v) is 17.3. The van der Waals surface area contributed by atoms with Crippen molar-refractivity contribution in [2.75, 3.05) is 0 Å². The van der Waals surface area contributed by atoms with Crippen molar-refractivity contribution in [2.24, 2.45) is 17.3 Å². The summed E-state index contributed by atoms with van der Waals surface area (Å²) in [5, 5.41) is 0.286. The molecule has 1 heterocycles. The second kappa shape index (κ2) is 7.80. The molecule has 2 saturated carbocycles. The quantitative estimate of drug-likeness (QED) is 0.445. The first-order valence-electron chi connectivity index (χ1n) is 12.8. The van der Waals surface area contributed by atoms with Crippen LogP contribution in [0.4, 0.5) is 0 Å². The maximum absolute atomic E-state index is 7.08. The second-order valence-electron chi connectivity index (χ2n) is 12.6. The topological polar surface area (TPSA) is 22.1 Å². The van der Waals surface area contributed by atoms with E-state index >= 15 is 0 Å². The fourth-order valence-electron chi connectivity index (χ4n) is 6.97. The first-order valence-corrected chi connectivity index (χ1v) is 15.7. The van der Waals surface area contributed by atoms with Crippen LogP contribution in [0.3, 0.4) is 0 Å². The maximum Gasteiger partial charge on any atom is 0.192 e. The fourth-order valence-corrected chi connectivity index (χ4v) is 8.43. The van der Waals surface area contributed by atoms with E-state index in [4.69, 9.17) is 4.43 Å². The largest absolute Gasteiger partial charge is 0.413 e. The summed E-state index contributed by atoms with van der Waals surface area (Å²) in [6, 6.07) is 11.5. The van der Waals surface area contributed by atoms with Crippen molar-refractivity contribution < 1.29 is 4.43 Å². The minimum Gasteiger partial charge on any atom is -0.413 e. The van der Waals surface area contributed by atoms with Crippen molar-refractivity contribution >= 4 is 8.32 Å². The lowest BCUT2D eigenvalue weighted by atomic mass is 9.55. The Morgan fingerprint density at radius 2 is 1.84 bits per heavy atom. The molecular formula is C29H41NOSi. The number of aromatic nitrogens is 1. The molecule has 0 saturated heterocycles. The minimum atomic E-state index is -1.74. The predicted molar refractivity (Wildman–Crippen MR) is 136 cm³/mol. The number of fused-ring (bicyclic) bond motifs is 5. The molecule has 1 aromatic carbocycles. The Kier molecular flexibility index (Phi) is 5.45. The molecule has 0 spiro atoms. The van der Waals surface area contributed by atoms with Crippen LogP contribution in [0.15, 0.2) is 42.7 Å². The third kappa shape index (κ3) is 3.60. The average Bonchev–Trinajstić information content (AvgIpc) is 3.08. The molecule has 0 N–H and O–H groups in total. The lowest BCUT2D eigenvalue weighted by Gasteiger charge is -2.52. The first-order chi connectivity index (χ1) is 15.1. The number of pyridine rings is 1. The zero-order valence-corrected chi connectivity index (χ0v) is 21.9. The summed E-state index contributed by atoms with van der Waals surface area (Å²) >= 11 is 0. The monoisotopic (exact) mass is 447 g/mol. The highest BCUT2D eigenvalue weighted by atomic mass is 28.4. The summed E-state index contributed by atoms with van der Waals surface area (Å²) in [7, 11) is -1.74. The molecule has 3 aliphatic carbocycles. The Morgan fingerprint density at radius 3 is 2.56 bits per heavy atom. The van der Waals surface area contributed by atoms with Crippen LogP contribution < -0.4 is 0 Å². The Labute approximate surface area is 196 Å². The molecule has 2 aromatic rings. The van der Waals surface area contributed by atoms with Crippen LogP contribution in [0, 0.1) is 17.3 Å². The normalized spacial score (nSPS) is 32.2. The number of nitrogens with zero attached hydrogens (tertiary/aromatic N) is 1. The van der Waals surface area contributed by atoms with Crippen molar-refractivity contribution in [3.63, 3.8) is 0 Å². The number of benzene rings is 1. The summed E-state index contributed by atoms with van der Waals surface area (Å²) in [6.45, 7) is 14.6. The van der Waals surface area contributed by atoms with E-state index in [2.05, 4.69) is 70.0 Å². The SMILES string of the molecule is CC(C)(C)[Si](C)(C)O[C@H]1CC[C@H]2[C@@H]3CCc4cc(-c5cccnc5)ccc4[C@H]3CC[C@]12C. The maximum atomic E-state index is 7.08. The number of rotatable bonds is 3. The number of hydrogen-bond donors (Lipinski definition) is 0. The van der Waals surface area contributed by atoms with Gasteiger partial charge < -0.3 is 4.43 Å². The highest BCUT2D eigenvalue weighted by Crippen LogP contribution is 2.62. The molecule has 1 aromatic heterocycles. The zero-order valence-electron chi connectivity index (χ0n) is 20.9. The average molecular weight is 448 g/mol. The molecule has 172 valence electrons. The number of aryl methyl sites for hydroxylation is 1. The molecule has 5 atom stereocenters. The van der Waals surface area contributed by atoms with Gasteiger partial charge in [0.2, 0.25) is 0 Å². The summed E-state index contributed by atoms with van der Waals surface area (Å²) in [5.41, 5.74) is 6.15. The van der Waals surface area contributed by atoms with Crippen LogP contribution in [-0.2, 0) is 10.8 Å². The summed E-state index contributed by atoms with van der Waals surface area (Å²) in [4.78, 5) is 4.32. The van der Waals surface area contributed by atoms with Crippen molar-refractivity contribution in [1.29, 1.82) is 0 Å². The molecule has 2 nitrogen and oxygen atoms in total. The van der Waals surface area contributed by atoms with Gasteiger partial charge in [0, 0.05) is 12.4 Å². The van der Waals surface area contributed by atoms with Crippen LogP contribution in [0.25, 0.3) is 11.1 Å². The van der Waals surface area contributed by atoms with Gasteiger partial charge in [0.15, 0.2) is 8.32 Å². The van der Waals surface area contributed by atoms with E-state index < -0.39 is 8.32 Å². The van der Waals surface area contributed by atoms with E-state index in [0.717, 1.165) is 17.8 Å². The zero-order chi connectivity index (χ0) is 22.7. The van der Waals surface area contributed by atoms with Crippen molar-refractivity contribution in [3.05, 3.63) is 53.9 Å². The smallest absolute Gasteiger partial charge is 0.192 e. The minimum absolute atomic E-state index is 0.286. The summed E-state index contributed by atoms with van der Waals surface area (Å²) in [6.07, 6.45) is 12.2. The Hall–Kier alpha value is -1.45. The molecule has 0 unspecified atom stereocenters. The van der Waals surface area contributed by atoms with E-state index in [0.29, 0.717) is 11.5 Å². The van der Waals surface area contributed by atoms with Crippen LogP contribution >= 0.6 is 0 Å². The lowest BCUT2D eigenvalue weighted by Crippen LogP contribution is -2.50. The van der Waals surface area contributed by atoms with Gasteiger partial charge in [0.25, 0.3) is 0 Å². The fraction of sp³-hybridized carbons (Fsp3) is 0.621. The Morgan fingerprint density at radius 1 is 1.03 bits per heavy atom. The summed E-state index contributed by atoms with van der Waals surface area (Å²) < 4.78 is 7.08. The molecule has 0 aliphatic heterocycles. The van der Waals surface area contributed by atoms with Gasteiger partial charge in [-0.1, -0.05) is 52.0 Å². The van der Waals surface area contributed by atoms with E-state index in [-0.39, 0.29) is 5.04 Å². The van der Waals surface area contributed by atoms with Gasteiger partial charge in [0.1, 0.15) is 0 Å². The molecule has 3 aliphatic rings. The van der Waals surface area contributed by atoms with E-state index in [1.165, 1.54) is 49.7 Å². The van der Waals surface area contributed by atoms with Crippen LogP contribution in [0.2, 0.25) is 18.1 Å². The van der Waals surface area contributed by atoms with Crippen LogP contribution in [0.1, 0.15) is 76.8 Å². The molecule has 0 amide bonds. The van der Waals surface area contributed by atoms with Gasteiger partial charge in [-0.15, -0.1) is 0 Å².